The van der Waals surface area contributed by atoms with Gasteiger partial charge in [0.15, 0.2) is 6.61 Å². The van der Waals surface area contributed by atoms with Crippen molar-refractivity contribution in [2.45, 2.75) is 6.42 Å². The Hall–Kier alpha value is -2.65. The number of carbonyl (C=O) groups excluding carboxylic acids is 1. The van der Waals surface area contributed by atoms with Gasteiger partial charge in [-0.1, -0.05) is 29.3 Å². The second-order valence-electron chi connectivity index (χ2n) is 4.77. The van der Waals surface area contributed by atoms with E-state index in [9.17, 15) is 19.7 Å². The molecule has 25 heavy (non-hydrogen) atoms. The molecule has 132 valence electrons. The van der Waals surface area contributed by atoms with Gasteiger partial charge >= 0.3 is 17.1 Å². The summed E-state index contributed by atoms with van der Waals surface area (Å²) in [5.74, 6) is -1.05. The molecule has 0 bridgehead atoms. The molecule has 0 saturated heterocycles. The van der Waals surface area contributed by atoms with Gasteiger partial charge in [-0.15, -0.1) is 0 Å². The molecule has 0 aliphatic heterocycles. The number of hydrogen-bond donors (Lipinski definition) is 2. The number of aromatic amines is 1. The lowest BCUT2D eigenvalue weighted by Gasteiger charge is -2.08. The molecule has 2 rings (SSSR count). The van der Waals surface area contributed by atoms with Gasteiger partial charge in [-0.2, -0.15) is 4.98 Å². The number of nitrogens with zero attached hydrogens (tertiary/aromatic N) is 2. The highest BCUT2D eigenvalue weighted by molar-refractivity contribution is 6.35. The molecule has 9 nitrogen and oxygen atoms in total. The number of nitrogens with one attached hydrogen (secondary N) is 2. The molecule has 1 aromatic carbocycles. The van der Waals surface area contributed by atoms with Crippen LogP contribution in [0.4, 0.5) is 5.69 Å². The van der Waals surface area contributed by atoms with Crippen LogP contribution in [0.3, 0.4) is 0 Å². The summed E-state index contributed by atoms with van der Waals surface area (Å²) in [6, 6.07) is 5.03. The Balaban J connectivity index is 1.86. The van der Waals surface area contributed by atoms with E-state index in [-0.39, 0.29) is 6.54 Å². The Bertz CT molecular complexity index is 855. The minimum absolute atomic E-state index is 0.272. The fourth-order valence-electron chi connectivity index (χ4n) is 1.89. The molecule has 0 aliphatic carbocycles. The topological polar surface area (TPSA) is 127 Å². The van der Waals surface area contributed by atoms with Crippen LogP contribution in [0.25, 0.3) is 0 Å². The smallest absolute Gasteiger partial charge is 0.395 e. The normalized spacial score (nSPS) is 10.3. The van der Waals surface area contributed by atoms with Crippen LogP contribution >= 0.6 is 23.2 Å². The highest BCUT2D eigenvalue weighted by atomic mass is 35.5. The summed E-state index contributed by atoms with van der Waals surface area (Å²) >= 11 is 11.8. The highest BCUT2D eigenvalue weighted by Gasteiger charge is 2.22. The fourth-order valence-corrected chi connectivity index (χ4v) is 2.39. The van der Waals surface area contributed by atoms with Gasteiger partial charge in [0.2, 0.25) is 0 Å². The Morgan fingerprint density at radius 3 is 2.84 bits per heavy atom. The number of benzene rings is 1. The zero-order chi connectivity index (χ0) is 18.4. The van der Waals surface area contributed by atoms with Gasteiger partial charge in [0, 0.05) is 16.6 Å². The summed E-state index contributed by atoms with van der Waals surface area (Å²) in [6.45, 7) is -0.250. The summed E-state index contributed by atoms with van der Waals surface area (Å²) in [6.07, 6.45) is 1.41. The van der Waals surface area contributed by atoms with Gasteiger partial charge in [-0.05, 0) is 24.1 Å². The van der Waals surface area contributed by atoms with E-state index in [4.69, 9.17) is 27.9 Å². The lowest BCUT2D eigenvalue weighted by molar-refractivity contribution is -0.387. The Labute approximate surface area is 151 Å². The molecule has 2 aromatic rings. The van der Waals surface area contributed by atoms with Gasteiger partial charge in [0.05, 0.1) is 11.3 Å². The van der Waals surface area contributed by atoms with Crippen LogP contribution in [0.2, 0.25) is 10.0 Å². The molecule has 0 aliphatic rings. The molecule has 2 N–H and O–H groups in total. The Morgan fingerprint density at radius 2 is 2.16 bits per heavy atom. The first-order chi connectivity index (χ1) is 11.9. The van der Waals surface area contributed by atoms with Crippen molar-refractivity contribution in [1.82, 2.24) is 15.3 Å². The van der Waals surface area contributed by atoms with Crippen molar-refractivity contribution >= 4 is 34.8 Å². The predicted molar refractivity (Wildman–Crippen MR) is 90.2 cm³/mol. The quantitative estimate of drug-likeness (QED) is 0.550. The summed E-state index contributed by atoms with van der Waals surface area (Å²) in [7, 11) is 0. The lowest BCUT2D eigenvalue weighted by Crippen LogP contribution is -2.31. The van der Waals surface area contributed by atoms with Crippen molar-refractivity contribution in [2.75, 3.05) is 13.2 Å². The minimum Gasteiger partial charge on any atom is -0.463 e. The molecule has 1 amide bonds. The van der Waals surface area contributed by atoms with Crippen molar-refractivity contribution in [3.63, 3.8) is 0 Å². The minimum atomic E-state index is -0.965. The average Bonchev–Trinajstić information content (AvgIpc) is 2.54. The van der Waals surface area contributed by atoms with Crippen molar-refractivity contribution < 1.29 is 14.5 Å². The van der Waals surface area contributed by atoms with Gasteiger partial charge in [-0.25, -0.2) is 0 Å². The number of aromatic nitrogens is 2. The number of H-pyrrole nitrogens is 1. The molecule has 11 heteroatoms. The standard InChI is InChI=1S/C14H12Cl2N4O5/c15-9-2-1-8(10(16)5-9)3-4-17-11(21)6-25-14-12(20(23)24)13(22)18-7-19-14/h1-2,5,7H,3-4,6H2,(H,17,21)(H,18,19,22). The van der Waals surface area contributed by atoms with Gasteiger partial charge in [0.1, 0.15) is 0 Å². The van der Waals surface area contributed by atoms with Crippen LogP contribution < -0.4 is 15.6 Å². The molecule has 0 saturated carbocycles. The Morgan fingerprint density at radius 1 is 1.40 bits per heavy atom. The highest BCUT2D eigenvalue weighted by Crippen LogP contribution is 2.21. The van der Waals surface area contributed by atoms with E-state index >= 15 is 0 Å². The molecule has 0 spiro atoms. The van der Waals surface area contributed by atoms with Crippen molar-refractivity contribution in [3.05, 3.63) is 60.6 Å². The number of hydrogen-bond acceptors (Lipinski definition) is 6. The SMILES string of the molecule is O=C(COc1nc[nH]c(=O)c1[N+](=O)[O-])NCCc1ccc(Cl)cc1Cl. The predicted octanol–water partition coefficient (Wildman–Crippen LogP) is 1.72. The average molecular weight is 387 g/mol. The molecule has 0 radical (unpaired) electrons. The van der Waals surface area contributed by atoms with Crippen LogP contribution in [0, 0.1) is 10.1 Å². The first kappa shape index (κ1) is 18.7. The molecule has 0 atom stereocenters. The molecular weight excluding hydrogens is 375 g/mol. The summed E-state index contributed by atoms with van der Waals surface area (Å²) < 4.78 is 4.95. The number of amides is 1. The van der Waals surface area contributed by atoms with Crippen LogP contribution in [-0.2, 0) is 11.2 Å². The third kappa shape index (κ3) is 5.16. The number of ether oxygens (including phenoxy) is 1. The van der Waals surface area contributed by atoms with Gasteiger partial charge < -0.3 is 15.0 Å². The van der Waals surface area contributed by atoms with E-state index in [1.54, 1.807) is 18.2 Å². The van der Waals surface area contributed by atoms with Crippen molar-refractivity contribution in [1.29, 1.82) is 0 Å². The van der Waals surface area contributed by atoms with Gasteiger partial charge in [0.25, 0.3) is 5.91 Å². The fraction of sp³-hybridized carbons (Fsp3) is 0.214. The van der Waals surface area contributed by atoms with Crippen molar-refractivity contribution in [2.24, 2.45) is 0 Å². The maximum absolute atomic E-state index is 11.7. The number of halogens is 2. The van der Waals surface area contributed by atoms with E-state index in [1.165, 1.54) is 0 Å². The van der Waals surface area contributed by atoms with Crippen LogP contribution in [-0.4, -0.2) is 34.0 Å². The first-order valence-corrected chi connectivity index (χ1v) is 7.69. The van der Waals surface area contributed by atoms with E-state index < -0.39 is 34.6 Å². The second-order valence-corrected chi connectivity index (χ2v) is 5.61. The first-order valence-electron chi connectivity index (χ1n) is 6.94. The van der Waals surface area contributed by atoms with E-state index in [1.807, 2.05) is 0 Å². The zero-order valence-corrected chi connectivity index (χ0v) is 14.1. The van der Waals surface area contributed by atoms with Crippen molar-refractivity contribution in [3.8, 4) is 5.88 Å². The van der Waals surface area contributed by atoms with Crippen LogP contribution in [0.1, 0.15) is 5.56 Å². The molecule has 1 heterocycles. The summed E-state index contributed by atoms with van der Waals surface area (Å²) in [5, 5.41) is 14.4. The molecule has 0 fully saturated rings. The number of rotatable bonds is 7. The van der Waals surface area contributed by atoms with Crippen LogP contribution in [0.5, 0.6) is 5.88 Å². The van der Waals surface area contributed by atoms with Crippen LogP contribution in [0.15, 0.2) is 29.3 Å². The summed E-state index contributed by atoms with van der Waals surface area (Å²) in [5.41, 5.74) is -1.02. The Kier molecular flexibility index (Phi) is 6.31. The zero-order valence-electron chi connectivity index (χ0n) is 12.6. The third-order valence-electron chi connectivity index (χ3n) is 3.05. The second kappa shape index (κ2) is 8.45. The third-order valence-corrected chi connectivity index (χ3v) is 3.64. The largest absolute Gasteiger partial charge is 0.463 e. The number of nitro groups is 1. The monoisotopic (exact) mass is 386 g/mol. The maximum Gasteiger partial charge on any atom is 0.395 e. The number of carbonyl (C=O) groups is 1. The van der Waals surface area contributed by atoms with E-state index in [2.05, 4.69) is 15.3 Å². The maximum atomic E-state index is 11.7. The lowest BCUT2D eigenvalue weighted by atomic mass is 10.1. The molecule has 1 aromatic heterocycles. The summed E-state index contributed by atoms with van der Waals surface area (Å²) in [4.78, 5) is 38.6. The van der Waals surface area contributed by atoms with Gasteiger partial charge in [-0.3, -0.25) is 19.7 Å². The molecular formula is C14H12Cl2N4O5. The van der Waals surface area contributed by atoms with E-state index in [0.717, 1.165) is 11.9 Å². The van der Waals surface area contributed by atoms with E-state index in [0.29, 0.717) is 16.5 Å². The molecule has 0 unspecified atom stereocenters.